The van der Waals surface area contributed by atoms with Crippen LogP contribution in [0.3, 0.4) is 0 Å². The SMILES string of the molecule is CCC(C)CC[NH+](C)[Si](C)(C)C. The first-order valence-electron chi connectivity index (χ1n) is 5.20. The molecule has 0 rings (SSSR count). The summed E-state index contributed by atoms with van der Waals surface area (Å²) in [6.07, 6.45) is 2.73. The van der Waals surface area contributed by atoms with Crippen LogP contribution in [-0.4, -0.2) is 21.8 Å². The molecule has 1 nitrogen and oxygen atoms in total. The molecule has 2 heteroatoms. The summed E-state index contributed by atoms with van der Waals surface area (Å²) in [5, 5.41) is 0. The Balaban J connectivity index is 3.64. The molecule has 0 bridgehead atoms. The molecule has 0 radical (unpaired) electrons. The lowest BCUT2D eigenvalue weighted by molar-refractivity contribution is -0.774. The third-order valence-corrected chi connectivity index (χ3v) is 5.80. The van der Waals surface area contributed by atoms with Gasteiger partial charge in [0, 0.05) is 0 Å². The summed E-state index contributed by atoms with van der Waals surface area (Å²) in [7, 11) is 1.43. The van der Waals surface area contributed by atoms with Crippen LogP contribution in [0.1, 0.15) is 26.7 Å². The summed E-state index contributed by atoms with van der Waals surface area (Å²) < 4.78 is 1.78. The van der Waals surface area contributed by atoms with Crippen LogP contribution in [-0.2, 0) is 0 Å². The number of hydrogen-bond donors (Lipinski definition) is 1. The van der Waals surface area contributed by atoms with Crippen molar-refractivity contribution in [2.45, 2.75) is 46.3 Å². The molecule has 0 spiro atoms. The van der Waals surface area contributed by atoms with Gasteiger partial charge in [-0.05, 0) is 32.0 Å². The monoisotopic (exact) mass is 188 g/mol. The van der Waals surface area contributed by atoms with Gasteiger partial charge in [0.25, 0.3) is 8.24 Å². The van der Waals surface area contributed by atoms with Crippen molar-refractivity contribution in [3.8, 4) is 0 Å². The highest BCUT2D eigenvalue weighted by atomic mass is 28.3. The molecule has 0 fully saturated rings. The van der Waals surface area contributed by atoms with Crippen molar-refractivity contribution in [1.82, 2.24) is 0 Å². The van der Waals surface area contributed by atoms with Crippen LogP contribution in [0.15, 0.2) is 0 Å². The molecule has 0 aliphatic rings. The zero-order chi connectivity index (χ0) is 9.78. The highest BCUT2D eigenvalue weighted by Gasteiger charge is 2.25. The summed E-state index contributed by atoms with van der Waals surface area (Å²) in [5.41, 5.74) is 0. The molecule has 0 aromatic heterocycles. The molecule has 2 unspecified atom stereocenters. The van der Waals surface area contributed by atoms with Crippen LogP contribution in [0.5, 0.6) is 0 Å². The molecule has 0 amide bonds. The fourth-order valence-electron chi connectivity index (χ4n) is 1.04. The Morgan fingerprint density at radius 1 is 1.25 bits per heavy atom. The normalized spacial score (nSPS) is 17.5. The van der Waals surface area contributed by atoms with Crippen molar-refractivity contribution in [2.24, 2.45) is 5.92 Å². The van der Waals surface area contributed by atoms with Gasteiger partial charge in [-0.15, -0.1) is 0 Å². The molecular formula is C10H26NSi+. The Morgan fingerprint density at radius 2 is 1.75 bits per heavy atom. The second-order valence-corrected chi connectivity index (χ2v) is 10.4. The summed E-state index contributed by atoms with van der Waals surface area (Å²) in [6, 6.07) is 0. The van der Waals surface area contributed by atoms with E-state index in [1.54, 1.807) is 4.57 Å². The van der Waals surface area contributed by atoms with E-state index in [1.807, 2.05) is 0 Å². The standard InChI is InChI=1S/C10H25NSi/c1-7-10(2)8-9-11(3)12(4,5)6/h10H,7-9H2,1-6H3/p+1. The van der Waals surface area contributed by atoms with Crippen LogP contribution >= 0.6 is 0 Å². The molecule has 12 heavy (non-hydrogen) atoms. The zero-order valence-corrected chi connectivity index (χ0v) is 10.7. The maximum absolute atomic E-state index is 2.44. The second kappa shape index (κ2) is 5.03. The van der Waals surface area contributed by atoms with Gasteiger partial charge in [0.15, 0.2) is 0 Å². The van der Waals surface area contributed by atoms with E-state index in [4.69, 9.17) is 0 Å². The largest absolute Gasteiger partial charge is 0.397 e. The van der Waals surface area contributed by atoms with Crippen molar-refractivity contribution in [1.29, 1.82) is 0 Å². The summed E-state index contributed by atoms with van der Waals surface area (Å²) in [6.45, 7) is 13.3. The second-order valence-electron chi connectivity index (χ2n) is 5.08. The third-order valence-electron chi connectivity index (χ3n) is 2.99. The lowest BCUT2D eigenvalue weighted by atomic mass is 10.1. The smallest absolute Gasteiger partial charge is 0.274 e. The highest BCUT2D eigenvalue weighted by molar-refractivity contribution is 6.67. The van der Waals surface area contributed by atoms with E-state index in [9.17, 15) is 0 Å². The van der Waals surface area contributed by atoms with Gasteiger partial charge in [0.05, 0.1) is 13.6 Å². The molecule has 2 atom stereocenters. The molecule has 1 N–H and O–H groups in total. The fourth-order valence-corrected chi connectivity index (χ4v) is 1.94. The lowest BCUT2D eigenvalue weighted by Crippen LogP contribution is -3.18. The van der Waals surface area contributed by atoms with Gasteiger partial charge in [-0.1, -0.05) is 20.3 Å². The Kier molecular flexibility index (Phi) is 5.10. The molecule has 0 aromatic rings. The average Bonchev–Trinajstić information content (AvgIpc) is 1.97. The summed E-state index contributed by atoms with van der Waals surface area (Å²) in [5.74, 6) is 0.913. The van der Waals surface area contributed by atoms with Crippen LogP contribution < -0.4 is 4.57 Å². The third kappa shape index (κ3) is 4.94. The molecule has 74 valence electrons. The van der Waals surface area contributed by atoms with E-state index in [-0.39, 0.29) is 0 Å². The predicted octanol–water partition coefficient (Wildman–Crippen LogP) is 1.77. The van der Waals surface area contributed by atoms with Gasteiger partial charge in [-0.25, -0.2) is 0 Å². The van der Waals surface area contributed by atoms with Crippen molar-refractivity contribution in [2.75, 3.05) is 13.6 Å². The van der Waals surface area contributed by atoms with E-state index in [2.05, 4.69) is 40.5 Å². The maximum atomic E-state index is 2.44. The maximum Gasteiger partial charge on any atom is 0.274 e. The first kappa shape index (κ1) is 12.2. The van der Waals surface area contributed by atoms with Crippen molar-refractivity contribution >= 4 is 8.24 Å². The average molecular weight is 188 g/mol. The van der Waals surface area contributed by atoms with E-state index in [0.717, 1.165) is 5.92 Å². The Labute approximate surface area is 79.2 Å². The first-order valence-corrected chi connectivity index (χ1v) is 8.70. The number of nitrogens with one attached hydrogen (secondary N) is 1. The van der Waals surface area contributed by atoms with Crippen molar-refractivity contribution in [3.05, 3.63) is 0 Å². The Hall–Kier alpha value is 0.177. The zero-order valence-electron chi connectivity index (χ0n) is 9.70. The Morgan fingerprint density at radius 3 is 2.08 bits per heavy atom. The summed E-state index contributed by atoms with van der Waals surface area (Å²) >= 11 is 0. The van der Waals surface area contributed by atoms with Crippen molar-refractivity contribution in [3.63, 3.8) is 0 Å². The number of quaternary nitrogens is 1. The quantitative estimate of drug-likeness (QED) is 0.627. The van der Waals surface area contributed by atoms with Crippen molar-refractivity contribution < 1.29 is 4.57 Å². The number of hydrogen-bond acceptors (Lipinski definition) is 0. The van der Waals surface area contributed by atoms with E-state index in [0.29, 0.717) is 0 Å². The fraction of sp³-hybridized carbons (Fsp3) is 1.00. The Bertz CT molecular complexity index is 117. The predicted molar refractivity (Wildman–Crippen MR) is 59.2 cm³/mol. The molecule has 0 aliphatic carbocycles. The molecular weight excluding hydrogens is 162 g/mol. The lowest BCUT2D eigenvalue weighted by Gasteiger charge is -2.27. The highest BCUT2D eigenvalue weighted by Crippen LogP contribution is 2.03. The van der Waals surface area contributed by atoms with Gasteiger partial charge in [0.1, 0.15) is 0 Å². The molecule has 0 aliphatic heterocycles. The molecule has 0 heterocycles. The van der Waals surface area contributed by atoms with Crippen LogP contribution in [0.25, 0.3) is 0 Å². The van der Waals surface area contributed by atoms with Crippen LogP contribution in [0.2, 0.25) is 19.6 Å². The topological polar surface area (TPSA) is 4.44 Å². The van der Waals surface area contributed by atoms with Gasteiger partial charge < -0.3 is 4.57 Å². The minimum Gasteiger partial charge on any atom is -0.397 e. The minimum absolute atomic E-state index is 0.913. The first-order chi connectivity index (χ1) is 5.38. The van der Waals surface area contributed by atoms with Gasteiger partial charge >= 0.3 is 0 Å². The van der Waals surface area contributed by atoms with E-state index < -0.39 is 8.24 Å². The number of rotatable bonds is 5. The van der Waals surface area contributed by atoms with Gasteiger partial charge in [0.2, 0.25) is 0 Å². The molecule has 0 aromatic carbocycles. The van der Waals surface area contributed by atoms with E-state index in [1.165, 1.54) is 19.4 Å². The van der Waals surface area contributed by atoms with Gasteiger partial charge in [-0.2, -0.15) is 0 Å². The molecule has 0 saturated carbocycles. The molecule has 0 saturated heterocycles. The van der Waals surface area contributed by atoms with E-state index >= 15 is 0 Å². The minimum atomic E-state index is -0.924. The van der Waals surface area contributed by atoms with Gasteiger partial charge in [-0.3, -0.25) is 0 Å². The summed E-state index contributed by atoms with van der Waals surface area (Å²) in [4.78, 5) is 0. The van der Waals surface area contributed by atoms with Crippen LogP contribution in [0.4, 0.5) is 0 Å². The van der Waals surface area contributed by atoms with Crippen LogP contribution in [0, 0.1) is 5.92 Å².